The zero-order valence-corrected chi connectivity index (χ0v) is 18.7. The van der Waals surface area contributed by atoms with E-state index < -0.39 is 17.7 Å². The second-order valence-electron chi connectivity index (χ2n) is 7.77. The first kappa shape index (κ1) is 21.7. The molecule has 1 N–H and O–H groups in total. The molecule has 1 saturated heterocycles. The summed E-state index contributed by atoms with van der Waals surface area (Å²) < 4.78 is 5.21. The maximum absolute atomic E-state index is 13.2. The van der Waals surface area contributed by atoms with Gasteiger partial charge in [0, 0.05) is 11.3 Å². The number of rotatable bonds is 4. The molecule has 3 aromatic rings. The Morgan fingerprint density at radius 2 is 1.69 bits per heavy atom. The summed E-state index contributed by atoms with van der Waals surface area (Å²) in [5, 5.41) is 11.4. The zero-order chi connectivity index (χ0) is 23.0. The molecule has 162 valence electrons. The standard InChI is InChI=1S/C26H22ClNO4/c1-15-7-9-17(10-8-15)24(29)22-23(18-6-4-5-16(2)13-18)28(26(31)25(22)30)19-11-12-21(32-3)20(27)14-19/h4-14,23,29H,1-3H3/b24-22+. The SMILES string of the molecule is COc1ccc(N2C(=O)C(=O)/C(=C(/O)c3ccc(C)cc3)C2c2cccc(C)c2)cc1Cl. The fraction of sp³-hybridized carbons (Fsp3) is 0.154. The van der Waals surface area contributed by atoms with Crippen LogP contribution in [0.15, 0.2) is 72.3 Å². The van der Waals surface area contributed by atoms with Crippen molar-refractivity contribution in [3.63, 3.8) is 0 Å². The van der Waals surface area contributed by atoms with Crippen LogP contribution in [0, 0.1) is 13.8 Å². The summed E-state index contributed by atoms with van der Waals surface area (Å²) in [7, 11) is 1.50. The highest BCUT2D eigenvalue weighted by atomic mass is 35.5. The summed E-state index contributed by atoms with van der Waals surface area (Å²) in [6.45, 7) is 3.86. The molecule has 4 rings (SSSR count). The molecular formula is C26H22ClNO4. The van der Waals surface area contributed by atoms with Gasteiger partial charge in [0.1, 0.15) is 11.5 Å². The number of hydrogen-bond donors (Lipinski definition) is 1. The summed E-state index contributed by atoms with van der Waals surface area (Å²) in [4.78, 5) is 27.8. The third-order valence-corrected chi connectivity index (χ3v) is 5.84. The van der Waals surface area contributed by atoms with E-state index >= 15 is 0 Å². The highest BCUT2D eigenvalue weighted by Gasteiger charge is 2.47. The molecule has 32 heavy (non-hydrogen) atoms. The Hall–Kier alpha value is -3.57. The van der Waals surface area contributed by atoms with Gasteiger partial charge in [-0.3, -0.25) is 14.5 Å². The molecule has 1 amide bonds. The molecule has 1 aliphatic rings. The van der Waals surface area contributed by atoms with E-state index in [0.717, 1.165) is 11.1 Å². The van der Waals surface area contributed by atoms with Gasteiger partial charge in [-0.1, -0.05) is 71.3 Å². The fourth-order valence-electron chi connectivity index (χ4n) is 3.93. The Balaban J connectivity index is 1.95. The number of hydrogen-bond acceptors (Lipinski definition) is 4. The molecule has 0 saturated carbocycles. The molecule has 0 spiro atoms. The van der Waals surface area contributed by atoms with Crippen molar-refractivity contribution in [1.82, 2.24) is 0 Å². The van der Waals surface area contributed by atoms with Gasteiger partial charge in [0.2, 0.25) is 0 Å². The predicted octanol–water partition coefficient (Wildman–Crippen LogP) is 5.59. The van der Waals surface area contributed by atoms with Crippen LogP contribution in [0.1, 0.15) is 28.3 Å². The van der Waals surface area contributed by atoms with Gasteiger partial charge >= 0.3 is 0 Å². The lowest BCUT2D eigenvalue weighted by Gasteiger charge is -2.26. The summed E-state index contributed by atoms with van der Waals surface area (Å²) in [5.74, 6) is -1.23. The molecule has 1 unspecified atom stereocenters. The number of anilines is 1. The normalized spacial score (nSPS) is 17.6. The van der Waals surface area contributed by atoms with Gasteiger partial charge < -0.3 is 9.84 Å². The number of carbonyl (C=O) groups is 2. The fourth-order valence-corrected chi connectivity index (χ4v) is 4.18. The van der Waals surface area contributed by atoms with E-state index in [1.807, 2.05) is 50.2 Å². The van der Waals surface area contributed by atoms with Crippen LogP contribution in [0.5, 0.6) is 5.75 Å². The second kappa shape index (κ2) is 8.52. The number of carbonyl (C=O) groups excluding carboxylic acids is 2. The van der Waals surface area contributed by atoms with E-state index in [1.54, 1.807) is 30.3 Å². The Kier molecular flexibility index (Phi) is 5.76. The van der Waals surface area contributed by atoms with Crippen LogP contribution in [-0.4, -0.2) is 23.9 Å². The van der Waals surface area contributed by atoms with Crippen LogP contribution < -0.4 is 9.64 Å². The minimum atomic E-state index is -0.805. The van der Waals surface area contributed by atoms with Crippen molar-refractivity contribution in [3.05, 3.63) is 99.6 Å². The molecule has 5 nitrogen and oxygen atoms in total. The summed E-state index contributed by atoms with van der Waals surface area (Å²) in [5.41, 5.74) is 3.65. The number of halogens is 1. The number of nitrogens with zero attached hydrogens (tertiary/aromatic N) is 1. The van der Waals surface area contributed by atoms with Gasteiger partial charge in [0.05, 0.1) is 23.7 Å². The van der Waals surface area contributed by atoms with Crippen molar-refractivity contribution in [3.8, 4) is 5.75 Å². The van der Waals surface area contributed by atoms with Crippen LogP contribution in [0.25, 0.3) is 5.76 Å². The molecule has 1 fully saturated rings. The van der Waals surface area contributed by atoms with Gasteiger partial charge in [0.25, 0.3) is 11.7 Å². The minimum absolute atomic E-state index is 0.0383. The van der Waals surface area contributed by atoms with E-state index in [2.05, 4.69) is 0 Å². The first-order valence-corrected chi connectivity index (χ1v) is 10.5. The molecule has 0 bridgehead atoms. The highest BCUT2D eigenvalue weighted by molar-refractivity contribution is 6.51. The van der Waals surface area contributed by atoms with Gasteiger partial charge in [-0.2, -0.15) is 0 Å². The lowest BCUT2D eigenvalue weighted by atomic mass is 9.94. The van der Waals surface area contributed by atoms with Gasteiger partial charge in [0.15, 0.2) is 0 Å². The maximum Gasteiger partial charge on any atom is 0.300 e. The number of benzene rings is 3. The van der Waals surface area contributed by atoms with Gasteiger partial charge in [-0.05, 0) is 37.6 Å². The van der Waals surface area contributed by atoms with E-state index in [4.69, 9.17) is 16.3 Å². The summed E-state index contributed by atoms with van der Waals surface area (Å²) in [6.07, 6.45) is 0. The average molecular weight is 448 g/mol. The third-order valence-electron chi connectivity index (χ3n) is 5.54. The minimum Gasteiger partial charge on any atom is -0.507 e. The molecule has 0 radical (unpaired) electrons. The second-order valence-corrected chi connectivity index (χ2v) is 8.18. The number of aliphatic hydroxyl groups is 1. The van der Waals surface area contributed by atoms with E-state index in [0.29, 0.717) is 27.6 Å². The number of amides is 1. The number of methoxy groups -OCH3 is 1. The zero-order valence-electron chi connectivity index (χ0n) is 17.9. The van der Waals surface area contributed by atoms with Gasteiger partial charge in [-0.15, -0.1) is 0 Å². The highest BCUT2D eigenvalue weighted by Crippen LogP contribution is 2.43. The topological polar surface area (TPSA) is 66.8 Å². The van der Waals surface area contributed by atoms with Crippen molar-refractivity contribution in [1.29, 1.82) is 0 Å². The van der Waals surface area contributed by atoms with Crippen LogP contribution in [0.3, 0.4) is 0 Å². The number of aliphatic hydroxyl groups excluding tert-OH is 1. The van der Waals surface area contributed by atoms with Crippen molar-refractivity contribution in [2.75, 3.05) is 12.0 Å². The molecule has 1 atom stereocenters. The van der Waals surface area contributed by atoms with E-state index in [-0.39, 0.29) is 11.3 Å². The largest absolute Gasteiger partial charge is 0.507 e. The number of ether oxygens (including phenoxy) is 1. The number of ketones is 1. The van der Waals surface area contributed by atoms with Crippen LogP contribution in [0.4, 0.5) is 5.69 Å². The lowest BCUT2D eigenvalue weighted by Crippen LogP contribution is -2.29. The Bertz CT molecular complexity index is 1250. The molecular weight excluding hydrogens is 426 g/mol. The van der Waals surface area contributed by atoms with Gasteiger partial charge in [-0.25, -0.2) is 0 Å². The van der Waals surface area contributed by atoms with Crippen molar-refractivity contribution < 1.29 is 19.4 Å². The molecule has 1 aliphatic heterocycles. The Morgan fingerprint density at radius 1 is 0.969 bits per heavy atom. The molecule has 3 aromatic carbocycles. The Labute approximate surface area is 191 Å². The summed E-state index contributed by atoms with van der Waals surface area (Å²) in [6, 6.07) is 18.8. The van der Waals surface area contributed by atoms with E-state index in [9.17, 15) is 14.7 Å². The van der Waals surface area contributed by atoms with Crippen LogP contribution in [-0.2, 0) is 9.59 Å². The van der Waals surface area contributed by atoms with Crippen molar-refractivity contribution in [2.45, 2.75) is 19.9 Å². The monoisotopic (exact) mass is 447 g/mol. The number of aryl methyl sites for hydroxylation is 2. The quantitative estimate of drug-likeness (QED) is 0.321. The van der Waals surface area contributed by atoms with E-state index in [1.165, 1.54) is 12.0 Å². The third kappa shape index (κ3) is 3.76. The Morgan fingerprint density at radius 3 is 2.31 bits per heavy atom. The first-order chi connectivity index (χ1) is 15.3. The predicted molar refractivity (Wildman–Crippen MR) is 125 cm³/mol. The first-order valence-electron chi connectivity index (χ1n) is 10.1. The summed E-state index contributed by atoms with van der Waals surface area (Å²) >= 11 is 6.31. The maximum atomic E-state index is 13.2. The molecule has 1 heterocycles. The lowest BCUT2D eigenvalue weighted by molar-refractivity contribution is -0.132. The smallest absolute Gasteiger partial charge is 0.300 e. The molecule has 6 heteroatoms. The van der Waals surface area contributed by atoms with Crippen LogP contribution >= 0.6 is 11.6 Å². The molecule has 0 aromatic heterocycles. The average Bonchev–Trinajstić information content (AvgIpc) is 3.04. The van der Waals surface area contributed by atoms with Crippen molar-refractivity contribution >= 4 is 34.7 Å². The molecule has 0 aliphatic carbocycles. The van der Waals surface area contributed by atoms with Crippen LogP contribution in [0.2, 0.25) is 5.02 Å². The number of Topliss-reactive ketones (excluding diaryl/α,β-unsaturated/α-hetero) is 1. The van der Waals surface area contributed by atoms with Crippen molar-refractivity contribution in [2.24, 2.45) is 0 Å².